The van der Waals surface area contributed by atoms with Gasteiger partial charge in [0.25, 0.3) is 0 Å². The third kappa shape index (κ3) is 3.19. The minimum atomic E-state index is 0.986. The molecule has 64 rings (SSSR count). The van der Waals surface area contributed by atoms with Gasteiger partial charge >= 0.3 is 0 Å². The topological polar surface area (TPSA) is 0 Å². The van der Waals surface area contributed by atoms with Crippen LogP contribution in [0.15, 0.2) is 0 Å². The van der Waals surface area contributed by atoms with Gasteiger partial charge < -0.3 is 0 Å². The summed E-state index contributed by atoms with van der Waals surface area (Å²) in [4.78, 5) is 0. The van der Waals surface area contributed by atoms with E-state index >= 15 is 0 Å². The summed E-state index contributed by atoms with van der Waals surface area (Å²) in [7, 11) is 0. The first kappa shape index (κ1) is 57.3. The molecule has 0 aromatic heterocycles. The quantitative estimate of drug-likeness (QED) is 0.227. The van der Waals surface area contributed by atoms with Gasteiger partial charge in [-0.15, -0.1) is 0 Å². The lowest BCUT2D eigenvalue weighted by Crippen LogP contribution is -3.34. The average molecular weight is 1680 g/mol. The highest BCUT2D eigenvalue weighted by Crippen LogP contribution is 3.37. The van der Waals surface area contributed by atoms with Gasteiger partial charge in [0.1, 0.15) is 0 Å². The molecule has 0 N–H and O–H groups in total. The van der Waals surface area contributed by atoms with Crippen molar-refractivity contribution in [3.05, 3.63) is 0 Å². The molecule has 0 saturated heterocycles. The Morgan fingerprint density at radius 2 is 0.256 bits per heavy atom. The lowest BCUT2D eigenvalue weighted by Gasteiger charge is -3.36. The first-order valence-corrected chi connectivity index (χ1v) is 64.3. The molecule has 0 heteroatoms. The van der Waals surface area contributed by atoms with Crippen molar-refractivity contribution in [3.8, 4) is 0 Å². The van der Waals surface area contributed by atoms with Crippen LogP contribution in [-0.4, -0.2) is 0 Å². The molecule has 0 aromatic carbocycles. The van der Waals surface area contributed by atoms with Gasteiger partial charge in [0.05, 0.1) is 0 Å². The molecule has 648 valence electrons. The van der Waals surface area contributed by atoms with Crippen molar-refractivity contribution in [2.24, 2.45) is 694 Å². The van der Waals surface area contributed by atoms with Crippen LogP contribution in [0.25, 0.3) is 0 Å². The van der Waals surface area contributed by atoms with Gasteiger partial charge in [-0.25, -0.2) is 0 Å². The first-order chi connectivity index (χ1) is 64.3. The Morgan fingerprint density at radius 1 is 0.0853 bits per heavy atom. The summed E-state index contributed by atoms with van der Waals surface area (Å²) in [5, 5.41) is 0. The predicted octanol–water partition coefficient (Wildman–Crippen LogP) is 17.8. The van der Waals surface area contributed by atoms with Crippen molar-refractivity contribution < 1.29 is 0 Å². The van der Waals surface area contributed by atoms with Crippen LogP contribution < -0.4 is 0 Å². The smallest absolute Gasteiger partial charge is 0.00932 e. The second kappa shape index (κ2) is 13.6. The minimum Gasteiger partial charge on any atom is -0.0499 e. The van der Waals surface area contributed by atoms with E-state index in [1.165, 1.54) is 651 Å². The van der Waals surface area contributed by atoms with Crippen LogP contribution >= 0.6 is 0 Å². The van der Waals surface area contributed by atoms with Gasteiger partial charge in [-0.05, 0) is 765 Å². The van der Waals surface area contributed by atoms with E-state index in [2.05, 4.69) is 0 Å². The number of hydrogen-bond donors (Lipinski definition) is 0. The zero-order valence-electron chi connectivity index (χ0n) is 75.3. The van der Waals surface area contributed by atoms with E-state index in [0.717, 1.165) is 43.3 Å². The van der Waals surface area contributed by atoms with Crippen LogP contribution in [0.5, 0.6) is 0 Å². The molecule has 118 atom stereocenters. The van der Waals surface area contributed by atoms with E-state index in [0.29, 0.717) is 0 Å². The second-order valence-corrected chi connectivity index (χ2v) is 74.0. The van der Waals surface area contributed by atoms with Crippen molar-refractivity contribution in [1.82, 2.24) is 0 Å². The molecule has 64 saturated carbocycles. The van der Waals surface area contributed by atoms with Crippen LogP contribution in [0.4, 0.5) is 0 Å². The Morgan fingerprint density at radius 3 is 0.543 bits per heavy atom. The van der Waals surface area contributed by atoms with Gasteiger partial charge in [0.15, 0.2) is 0 Å². The Bertz CT molecular complexity index is 6690. The summed E-state index contributed by atoms with van der Waals surface area (Å²) in [6.45, 7) is 0. The third-order valence-electron chi connectivity index (χ3n) is 86.0. The molecule has 0 radical (unpaired) electrons. The molecule has 129 heavy (non-hydrogen) atoms. The van der Waals surface area contributed by atoms with Gasteiger partial charge in [-0.3, -0.25) is 0 Å². The van der Waals surface area contributed by atoms with E-state index in [1.54, 1.807) is 19.3 Å². The molecular weight excluding hydrogens is 1550 g/mol. The molecule has 0 heterocycles. The monoisotopic (exact) mass is 1680 g/mol. The van der Waals surface area contributed by atoms with E-state index in [4.69, 9.17) is 0 Å². The summed E-state index contributed by atoms with van der Waals surface area (Å²) in [5.74, 6) is 145. The maximum Gasteiger partial charge on any atom is -0.00932 e. The number of rotatable bonds is 0. The van der Waals surface area contributed by atoms with Gasteiger partial charge in [-0.2, -0.15) is 0 Å². The van der Waals surface area contributed by atoms with E-state index in [9.17, 15) is 0 Å². The van der Waals surface area contributed by atoms with Crippen molar-refractivity contribution in [2.45, 2.75) is 70.6 Å². The predicted molar refractivity (Wildman–Crippen MR) is 454 cm³/mol. The highest BCUT2D eigenvalue weighted by Gasteiger charge is 3.35. The lowest BCUT2D eigenvalue weighted by atomic mass is 8.67. The molecule has 118 unspecified atom stereocenters. The molecule has 0 aliphatic heterocycles. The average Bonchev–Trinajstić information content (AvgIpc) is 0.761. The standard InChI is InChI=1S/C129H132/c1-2-13-8-19-15-4-3-14(12(1)7-18(13)19)20-9-21-16-5-6-17(35-105-37(21)109-113-117-121-120-116-112-108-36(20)104-34(15)106-110-114-118-119-115-111-107(35)123(105,109)125(111,113)127(115,117)129(119,121)128(118,120)126(114,116)124(110,112)122(104,106)108)29-28(16)40-50-44-32-24-10-22-26(24)38-30(22)42-48(38)60-56(42)68-72(60)83-73-61-49-39-27-23(31(39)43(49)57(61)69(73)78(68)83)11-25(27)33-45(53-47(33)59-65(53)77-71(59)82-87(77)95-91(82)96-90-81-70-58-46(32)52(44)64(58)76(70)86(81)94(90)99(95)96)51-41(29)55-63(51)75-67(55)80-85(75)93-89(80)98-101(93)103-100-92-84-74-62(50)54(40)66(74)79(84)88(92)97(100)102(98)103/h12-121H,1-11H2. The van der Waals surface area contributed by atoms with Crippen LogP contribution in [0.2, 0.25) is 0 Å². The van der Waals surface area contributed by atoms with Crippen LogP contribution in [0.3, 0.4) is 0 Å². The molecule has 0 aromatic rings. The van der Waals surface area contributed by atoms with Gasteiger partial charge in [0, 0.05) is 0 Å². The zero-order valence-corrected chi connectivity index (χ0v) is 75.3. The number of hydrogen-bond acceptors (Lipinski definition) is 0. The van der Waals surface area contributed by atoms with Gasteiger partial charge in [0.2, 0.25) is 0 Å². The fraction of sp³-hybridized carbons (Fsp3) is 1.00. The normalized spacial score (nSPS) is 106. The maximum absolute atomic E-state index is 2.00. The second-order valence-electron chi connectivity index (χ2n) is 74.0. The largest absolute Gasteiger partial charge is 0.0499 e. The SMILES string of the molecule is C1CC2CC3C1CC3C1CCC2C2CC3C4CCC(C5C4C4C6C7C8C9CC%10C9C9C%10C%10C9C9C%10C%10C9C9C%11C%12C%13C%14C%15C(CC%15C%15C(C%16C%15C%15C%16C%16C%15C%15C%16C%16C%15C%15C%17C%18C%19C%20C8C7C%20C%19C%18C%17C%16%15)C7C5C5C7C7C5C5C7C7C5C5C7C7C8C%15C%16C%17C6C4C%17C%16C%15C8C57)C%14C%13C%12C%11C%109)C4C5C3C3C6C7C8C9C%10C%11C%12C2C2C1C1C%13C%14C%15C%16C%17C%18C4C53C6%18C7%17C8%16C9%15C%10%14C%11%13C2%121. The highest BCUT2D eigenvalue weighted by molar-refractivity contribution is 5.81. The van der Waals surface area contributed by atoms with Crippen LogP contribution in [-0.2, 0) is 0 Å². The van der Waals surface area contributed by atoms with E-state index in [-0.39, 0.29) is 0 Å². The van der Waals surface area contributed by atoms with Crippen molar-refractivity contribution in [2.75, 3.05) is 0 Å². The van der Waals surface area contributed by atoms with Crippen LogP contribution in [0, 0.1) is 694 Å². The lowest BCUT2D eigenvalue weighted by molar-refractivity contribution is -0.904. The molecule has 64 fully saturated rings. The third-order valence-corrected chi connectivity index (χ3v) is 86.0. The summed E-state index contributed by atoms with van der Waals surface area (Å²) in [6, 6.07) is 0. The Kier molecular flexibility index (Phi) is 6.06. The van der Waals surface area contributed by atoms with E-state index in [1.807, 2.05) is 51.4 Å². The number of fused-ring (bicyclic) bond motifs is 43. The summed E-state index contributed by atoms with van der Waals surface area (Å²) in [6.07, 6.45) is 20.4. The molecule has 0 amide bonds. The van der Waals surface area contributed by atoms with Crippen molar-refractivity contribution >= 4 is 0 Å². The van der Waals surface area contributed by atoms with Gasteiger partial charge in [-0.1, -0.05) is 0 Å². The molecule has 12 bridgehead atoms. The summed E-state index contributed by atoms with van der Waals surface area (Å²) < 4.78 is 0. The fourth-order valence-corrected chi connectivity index (χ4v) is 92.6. The van der Waals surface area contributed by atoms with Crippen molar-refractivity contribution in [3.63, 3.8) is 0 Å². The zero-order chi connectivity index (χ0) is 75.3. The summed E-state index contributed by atoms with van der Waals surface area (Å²) >= 11 is 0. The Labute approximate surface area is 759 Å². The first-order valence-electron chi connectivity index (χ1n) is 64.3. The Hall–Kier alpha value is 0. The fourth-order valence-electron chi connectivity index (χ4n) is 92.6. The minimum absolute atomic E-state index is 0.986. The molecular formula is C129H132. The molecule has 0 nitrogen and oxygen atoms in total. The van der Waals surface area contributed by atoms with Crippen LogP contribution in [0.1, 0.15) is 70.6 Å². The maximum atomic E-state index is 2.00. The summed E-state index contributed by atoms with van der Waals surface area (Å²) in [5.41, 5.74) is 8.20. The van der Waals surface area contributed by atoms with Crippen molar-refractivity contribution in [1.29, 1.82) is 0 Å². The van der Waals surface area contributed by atoms with E-state index < -0.39 is 0 Å². The highest BCUT2D eigenvalue weighted by atomic mass is 15.4. The molecule has 64 aliphatic rings. The Balaban J connectivity index is 0.465. The molecule has 64 aliphatic carbocycles. The molecule has 8 spiro atoms.